The van der Waals surface area contributed by atoms with Crippen LogP contribution in [0.25, 0.3) is 0 Å². The third-order valence-corrected chi connectivity index (χ3v) is 5.20. The molecule has 1 aliphatic carbocycles. The number of hydrogen-bond acceptors (Lipinski definition) is 2. The Bertz CT molecular complexity index is 227. The second-order valence-electron chi connectivity index (χ2n) is 6.59. The first kappa shape index (κ1) is 15.0. The topological polar surface area (TPSA) is 46.2 Å². The van der Waals surface area contributed by atoms with Gasteiger partial charge in [-0.3, -0.25) is 0 Å². The van der Waals surface area contributed by atoms with Gasteiger partial charge in [-0.25, -0.2) is 0 Å². The van der Waals surface area contributed by atoms with E-state index in [1.54, 1.807) is 0 Å². The number of aliphatic hydroxyl groups is 1. The van der Waals surface area contributed by atoms with Gasteiger partial charge < -0.3 is 10.8 Å². The van der Waals surface area contributed by atoms with Crippen molar-refractivity contribution in [2.75, 3.05) is 6.54 Å². The van der Waals surface area contributed by atoms with Gasteiger partial charge in [0.25, 0.3) is 0 Å². The van der Waals surface area contributed by atoms with E-state index in [1.165, 1.54) is 12.8 Å². The molecule has 1 atom stereocenters. The second kappa shape index (κ2) is 5.71. The molecule has 3 N–H and O–H groups in total. The Morgan fingerprint density at radius 2 is 1.88 bits per heavy atom. The Kier molecular flexibility index (Phi) is 5.03. The van der Waals surface area contributed by atoms with E-state index in [-0.39, 0.29) is 5.41 Å². The van der Waals surface area contributed by atoms with E-state index in [9.17, 15) is 5.11 Å². The SMILES string of the molecule is CCCC(C)(O)C1(CN)CCC(C(C)C)CC1. The molecule has 0 aromatic carbocycles. The minimum atomic E-state index is -0.585. The van der Waals surface area contributed by atoms with E-state index in [0.29, 0.717) is 6.54 Å². The van der Waals surface area contributed by atoms with Crippen molar-refractivity contribution >= 4 is 0 Å². The average molecular weight is 241 g/mol. The molecule has 0 aliphatic heterocycles. The lowest BCUT2D eigenvalue weighted by atomic mass is 9.59. The molecule has 0 aromatic rings. The standard InChI is InChI=1S/C15H31NO/c1-5-8-14(4,17)15(11-16)9-6-13(7-10-15)12(2)3/h12-13,17H,5-11,16H2,1-4H3. The van der Waals surface area contributed by atoms with Crippen LogP contribution in [0.4, 0.5) is 0 Å². The van der Waals surface area contributed by atoms with E-state index in [2.05, 4.69) is 20.8 Å². The lowest BCUT2D eigenvalue weighted by molar-refractivity contribution is -0.0994. The van der Waals surface area contributed by atoms with Crippen molar-refractivity contribution in [3.05, 3.63) is 0 Å². The van der Waals surface area contributed by atoms with Crippen LogP contribution in [0, 0.1) is 17.3 Å². The maximum absolute atomic E-state index is 10.7. The zero-order valence-corrected chi connectivity index (χ0v) is 12.1. The largest absolute Gasteiger partial charge is 0.390 e. The molecule has 0 spiro atoms. The summed E-state index contributed by atoms with van der Waals surface area (Å²) in [5.41, 5.74) is 5.40. The Morgan fingerprint density at radius 1 is 1.35 bits per heavy atom. The smallest absolute Gasteiger partial charge is 0.0687 e. The van der Waals surface area contributed by atoms with Crippen LogP contribution in [0.2, 0.25) is 0 Å². The molecule has 0 radical (unpaired) electrons. The van der Waals surface area contributed by atoms with E-state index in [4.69, 9.17) is 5.73 Å². The molecule has 0 heterocycles. The summed E-state index contributed by atoms with van der Waals surface area (Å²) in [6.45, 7) is 9.39. The van der Waals surface area contributed by atoms with Crippen molar-refractivity contribution in [1.82, 2.24) is 0 Å². The van der Waals surface area contributed by atoms with Gasteiger partial charge in [0.05, 0.1) is 5.60 Å². The van der Waals surface area contributed by atoms with Crippen LogP contribution < -0.4 is 5.73 Å². The molecule has 102 valence electrons. The summed E-state index contributed by atoms with van der Waals surface area (Å²) >= 11 is 0. The van der Waals surface area contributed by atoms with Crippen molar-refractivity contribution in [3.8, 4) is 0 Å². The molecule has 1 aliphatic rings. The summed E-state index contributed by atoms with van der Waals surface area (Å²) in [4.78, 5) is 0. The predicted molar refractivity (Wildman–Crippen MR) is 73.8 cm³/mol. The fourth-order valence-corrected chi connectivity index (χ4v) is 3.57. The molecular weight excluding hydrogens is 210 g/mol. The molecule has 0 amide bonds. The summed E-state index contributed by atoms with van der Waals surface area (Å²) in [5, 5.41) is 10.7. The first-order chi connectivity index (χ1) is 7.88. The molecule has 0 aromatic heterocycles. The second-order valence-corrected chi connectivity index (χ2v) is 6.59. The van der Waals surface area contributed by atoms with E-state index in [0.717, 1.165) is 37.5 Å². The highest BCUT2D eigenvalue weighted by Gasteiger charge is 2.47. The number of hydrogen-bond donors (Lipinski definition) is 2. The molecular formula is C15H31NO. The lowest BCUT2D eigenvalue weighted by Gasteiger charge is -2.49. The van der Waals surface area contributed by atoms with Gasteiger partial charge >= 0.3 is 0 Å². The third-order valence-electron chi connectivity index (χ3n) is 5.20. The third kappa shape index (κ3) is 3.03. The van der Waals surface area contributed by atoms with Gasteiger partial charge in [-0.2, -0.15) is 0 Å². The maximum Gasteiger partial charge on any atom is 0.0687 e. The number of rotatable bonds is 5. The van der Waals surface area contributed by atoms with Crippen LogP contribution in [-0.2, 0) is 0 Å². The highest BCUT2D eigenvalue weighted by Crippen LogP contribution is 2.48. The zero-order chi connectivity index (χ0) is 13.1. The van der Waals surface area contributed by atoms with Gasteiger partial charge in [0, 0.05) is 12.0 Å². The van der Waals surface area contributed by atoms with Gasteiger partial charge in [0.15, 0.2) is 0 Å². The normalized spacial score (nSPS) is 33.7. The fraction of sp³-hybridized carbons (Fsp3) is 1.00. The molecule has 1 unspecified atom stereocenters. The summed E-state index contributed by atoms with van der Waals surface area (Å²) < 4.78 is 0. The minimum Gasteiger partial charge on any atom is -0.390 e. The van der Waals surface area contributed by atoms with Crippen LogP contribution >= 0.6 is 0 Å². The van der Waals surface area contributed by atoms with E-state index >= 15 is 0 Å². The van der Waals surface area contributed by atoms with Crippen LogP contribution in [0.1, 0.15) is 66.2 Å². The van der Waals surface area contributed by atoms with E-state index < -0.39 is 5.60 Å². The number of nitrogens with two attached hydrogens (primary N) is 1. The summed E-state index contributed by atoms with van der Waals surface area (Å²) in [7, 11) is 0. The van der Waals surface area contributed by atoms with Crippen molar-refractivity contribution in [2.24, 2.45) is 23.0 Å². The van der Waals surface area contributed by atoms with Crippen LogP contribution in [0.3, 0.4) is 0 Å². The highest BCUT2D eigenvalue weighted by molar-refractivity contribution is 4.99. The van der Waals surface area contributed by atoms with Gasteiger partial charge in [0.2, 0.25) is 0 Å². The van der Waals surface area contributed by atoms with Crippen LogP contribution in [-0.4, -0.2) is 17.3 Å². The quantitative estimate of drug-likeness (QED) is 0.775. The van der Waals surface area contributed by atoms with E-state index in [1.807, 2.05) is 6.92 Å². The van der Waals surface area contributed by atoms with Gasteiger partial charge in [-0.15, -0.1) is 0 Å². The maximum atomic E-state index is 10.7. The fourth-order valence-electron chi connectivity index (χ4n) is 3.57. The van der Waals surface area contributed by atoms with Gasteiger partial charge in [-0.1, -0.05) is 27.2 Å². The lowest BCUT2D eigenvalue weighted by Crippen LogP contribution is -2.52. The summed E-state index contributed by atoms with van der Waals surface area (Å²) in [5.74, 6) is 1.59. The molecule has 0 saturated heterocycles. The Balaban J connectivity index is 2.73. The minimum absolute atomic E-state index is 0.0333. The van der Waals surface area contributed by atoms with Crippen LogP contribution in [0.5, 0.6) is 0 Å². The molecule has 1 saturated carbocycles. The monoisotopic (exact) mass is 241 g/mol. The van der Waals surface area contributed by atoms with Crippen molar-refractivity contribution < 1.29 is 5.11 Å². The van der Waals surface area contributed by atoms with Gasteiger partial charge in [-0.05, 0) is 50.9 Å². The molecule has 1 rings (SSSR count). The van der Waals surface area contributed by atoms with Crippen molar-refractivity contribution in [3.63, 3.8) is 0 Å². The highest BCUT2D eigenvalue weighted by atomic mass is 16.3. The molecule has 2 nitrogen and oxygen atoms in total. The molecule has 17 heavy (non-hydrogen) atoms. The Morgan fingerprint density at radius 3 is 2.24 bits per heavy atom. The van der Waals surface area contributed by atoms with Crippen molar-refractivity contribution in [1.29, 1.82) is 0 Å². The first-order valence-corrected chi connectivity index (χ1v) is 7.31. The Labute approximate surface area is 107 Å². The van der Waals surface area contributed by atoms with Crippen LogP contribution in [0.15, 0.2) is 0 Å². The average Bonchev–Trinajstić information content (AvgIpc) is 2.28. The Hall–Kier alpha value is -0.0800. The predicted octanol–water partition coefficient (Wildman–Crippen LogP) is 3.33. The first-order valence-electron chi connectivity index (χ1n) is 7.31. The van der Waals surface area contributed by atoms with Crippen molar-refractivity contribution in [2.45, 2.75) is 71.8 Å². The molecule has 2 heteroatoms. The zero-order valence-electron chi connectivity index (χ0n) is 12.1. The summed E-state index contributed by atoms with van der Waals surface area (Å²) in [6.07, 6.45) is 6.56. The molecule has 0 bridgehead atoms. The molecule has 1 fully saturated rings. The summed E-state index contributed by atoms with van der Waals surface area (Å²) in [6, 6.07) is 0. The van der Waals surface area contributed by atoms with Gasteiger partial charge in [0.1, 0.15) is 0 Å².